The second-order valence-corrected chi connectivity index (χ2v) is 7.91. The van der Waals surface area contributed by atoms with Crippen molar-refractivity contribution in [3.63, 3.8) is 0 Å². The molecule has 10 heteroatoms. The first-order valence-electron chi connectivity index (χ1n) is 9.59. The van der Waals surface area contributed by atoms with Crippen molar-refractivity contribution in [2.45, 2.75) is 56.1 Å². The molecule has 4 unspecified atom stereocenters. The largest absolute Gasteiger partial charge is 0.494 e. The fraction of sp³-hybridized carbons (Fsp3) is 0.526. The van der Waals surface area contributed by atoms with Crippen molar-refractivity contribution in [2.75, 3.05) is 6.61 Å². The number of carboxylic acid groups (broad SMARTS) is 1. The number of carboxylic acids is 1. The molecule has 0 spiro atoms. The second-order valence-electron chi connectivity index (χ2n) is 6.59. The fourth-order valence-electron chi connectivity index (χ4n) is 2.82. The Morgan fingerprint density at radius 1 is 1.31 bits per heavy atom. The number of amides is 2. The Kier molecular flexibility index (Phi) is 8.74. The van der Waals surface area contributed by atoms with Crippen molar-refractivity contribution in [3.05, 3.63) is 29.8 Å². The lowest BCUT2D eigenvalue weighted by molar-refractivity contribution is -0.136. The molecule has 0 aliphatic carbocycles. The molecule has 0 aromatic heterocycles. The van der Waals surface area contributed by atoms with E-state index in [9.17, 15) is 19.5 Å². The third-order valence-electron chi connectivity index (χ3n) is 4.37. The third-order valence-corrected chi connectivity index (χ3v) is 5.66. The molecule has 9 nitrogen and oxygen atoms in total. The van der Waals surface area contributed by atoms with E-state index in [0.29, 0.717) is 24.3 Å². The molecule has 1 aliphatic heterocycles. The molecule has 29 heavy (non-hydrogen) atoms. The van der Waals surface area contributed by atoms with Crippen molar-refractivity contribution in [1.29, 1.82) is 0 Å². The fourth-order valence-corrected chi connectivity index (χ4v) is 3.99. The zero-order valence-corrected chi connectivity index (χ0v) is 17.3. The molecule has 0 saturated carbocycles. The van der Waals surface area contributed by atoms with Gasteiger partial charge >= 0.3 is 5.97 Å². The van der Waals surface area contributed by atoms with Crippen molar-refractivity contribution in [3.8, 4) is 5.75 Å². The van der Waals surface area contributed by atoms with Crippen LogP contribution in [0.2, 0.25) is 0 Å². The Morgan fingerprint density at radius 3 is 2.55 bits per heavy atom. The highest BCUT2D eigenvalue weighted by atomic mass is 32.2. The minimum atomic E-state index is -0.982. The molecular weight excluding hydrogens is 396 g/mol. The standard InChI is InChI=1S/C19H28N4O5S/c1-3-5-6-13(18(26)27)29-19-22-15(20)14(17(25)23-19)21-16(24)11-7-9-12(10-8-11)28-4-2/h7-10,13-15,19,22H,3-6,20H2,1-2H3,(H,21,24)(H,23,25)(H,26,27). The number of carbonyl (C=O) groups is 3. The van der Waals surface area contributed by atoms with Gasteiger partial charge in [0, 0.05) is 5.56 Å². The molecule has 0 bridgehead atoms. The second kappa shape index (κ2) is 11.0. The van der Waals surface area contributed by atoms with Gasteiger partial charge in [-0.2, -0.15) is 0 Å². The molecular formula is C19H28N4O5S. The first kappa shape index (κ1) is 23.0. The van der Waals surface area contributed by atoms with Gasteiger partial charge in [0.2, 0.25) is 5.91 Å². The van der Waals surface area contributed by atoms with Crippen molar-refractivity contribution in [2.24, 2.45) is 5.73 Å². The van der Waals surface area contributed by atoms with Crippen molar-refractivity contribution >= 4 is 29.5 Å². The van der Waals surface area contributed by atoms with Crippen LogP contribution in [-0.2, 0) is 9.59 Å². The summed E-state index contributed by atoms with van der Waals surface area (Å²) in [5, 5.41) is 16.9. The molecule has 1 aliphatic rings. The van der Waals surface area contributed by atoms with Crippen molar-refractivity contribution < 1.29 is 24.2 Å². The normalized spacial score (nSPS) is 22.4. The molecule has 160 valence electrons. The zero-order chi connectivity index (χ0) is 21.4. The van der Waals surface area contributed by atoms with Crippen LogP contribution in [0.4, 0.5) is 0 Å². The first-order valence-corrected chi connectivity index (χ1v) is 10.5. The number of carbonyl (C=O) groups excluding carboxylic acids is 2. The van der Waals surface area contributed by atoms with Crippen LogP contribution in [0.5, 0.6) is 5.75 Å². The summed E-state index contributed by atoms with van der Waals surface area (Å²) in [6.07, 6.45) is 1.30. The SMILES string of the molecule is CCCCC(SC1NC(=O)C(NC(=O)c2ccc(OCC)cc2)C(N)N1)C(=O)O. The summed E-state index contributed by atoms with van der Waals surface area (Å²) in [4.78, 5) is 36.3. The van der Waals surface area contributed by atoms with Crippen LogP contribution < -0.4 is 26.4 Å². The van der Waals surface area contributed by atoms with Crippen LogP contribution in [0.1, 0.15) is 43.5 Å². The maximum atomic E-state index is 12.5. The zero-order valence-electron chi connectivity index (χ0n) is 16.5. The highest BCUT2D eigenvalue weighted by Gasteiger charge is 2.37. The summed E-state index contributed by atoms with van der Waals surface area (Å²) < 4.78 is 5.34. The summed E-state index contributed by atoms with van der Waals surface area (Å²) in [7, 11) is 0. The molecule has 6 N–H and O–H groups in total. The van der Waals surface area contributed by atoms with E-state index in [1.807, 2.05) is 13.8 Å². The number of nitrogens with two attached hydrogens (primary N) is 1. The van der Waals surface area contributed by atoms with Crippen LogP contribution in [0.15, 0.2) is 24.3 Å². The molecule has 1 aromatic carbocycles. The molecule has 1 aromatic rings. The predicted molar refractivity (Wildman–Crippen MR) is 110 cm³/mol. The van der Waals surface area contributed by atoms with E-state index in [1.165, 1.54) is 0 Å². The van der Waals surface area contributed by atoms with Gasteiger partial charge in [0.05, 0.1) is 12.8 Å². The van der Waals surface area contributed by atoms with Gasteiger partial charge in [-0.1, -0.05) is 19.8 Å². The molecule has 2 amide bonds. The van der Waals surface area contributed by atoms with Gasteiger partial charge in [0.1, 0.15) is 22.5 Å². The van der Waals surface area contributed by atoms with Crippen LogP contribution in [0.25, 0.3) is 0 Å². The van der Waals surface area contributed by atoms with Gasteiger partial charge in [-0.25, -0.2) is 0 Å². The average Bonchev–Trinajstić information content (AvgIpc) is 2.68. The molecule has 1 saturated heterocycles. The van der Waals surface area contributed by atoms with Crippen LogP contribution in [0.3, 0.4) is 0 Å². The van der Waals surface area contributed by atoms with Crippen LogP contribution >= 0.6 is 11.8 Å². The lowest BCUT2D eigenvalue weighted by Gasteiger charge is -2.36. The first-order chi connectivity index (χ1) is 13.8. The van der Waals surface area contributed by atoms with Crippen LogP contribution in [-0.4, -0.2) is 52.5 Å². The number of aliphatic carboxylic acids is 1. The number of hydrogen-bond acceptors (Lipinski definition) is 7. The van der Waals surface area contributed by atoms with E-state index < -0.39 is 40.7 Å². The molecule has 1 fully saturated rings. The minimum absolute atomic E-state index is 0.371. The summed E-state index contributed by atoms with van der Waals surface area (Å²) in [6.45, 7) is 4.37. The molecule has 1 heterocycles. The number of hydrogen-bond donors (Lipinski definition) is 5. The number of unbranched alkanes of at least 4 members (excludes halogenated alkanes) is 1. The maximum absolute atomic E-state index is 12.5. The monoisotopic (exact) mass is 424 g/mol. The van der Waals surface area contributed by atoms with Crippen LogP contribution in [0, 0.1) is 0 Å². The van der Waals surface area contributed by atoms with Gasteiger partial charge in [-0.15, -0.1) is 11.8 Å². The minimum Gasteiger partial charge on any atom is -0.494 e. The number of nitrogens with one attached hydrogen (secondary N) is 3. The molecule has 0 radical (unpaired) electrons. The van der Waals surface area contributed by atoms with Crippen molar-refractivity contribution in [1.82, 2.24) is 16.0 Å². The lowest BCUT2D eigenvalue weighted by Crippen LogP contribution is -2.70. The maximum Gasteiger partial charge on any atom is 0.316 e. The summed E-state index contributed by atoms with van der Waals surface area (Å²) in [5.41, 5.74) is 5.76. The van der Waals surface area contributed by atoms with E-state index in [2.05, 4.69) is 16.0 Å². The quantitative estimate of drug-likeness (QED) is 0.372. The summed E-state index contributed by atoms with van der Waals surface area (Å²) in [6, 6.07) is 5.57. The number of rotatable bonds is 10. The van der Waals surface area contributed by atoms with Gasteiger partial charge in [0.25, 0.3) is 5.91 Å². The third kappa shape index (κ3) is 6.62. The van der Waals surface area contributed by atoms with E-state index in [-0.39, 0.29) is 0 Å². The van der Waals surface area contributed by atoms with E-state index in [1.54, 1.807) is 24.3 Å². The molecule has 4 atom stereocenters. The van der Waals surface area contributed by atoms with E-state index in [4.69, 9.17) is 10.5 Å². The highest BCUT2D eigenvalue weighted by Crippen LogP contribution is 2.22. The number of thioether (sulfide) groups is 1. The topological polar surface area (TPSA) is 143 Å². The Bertz CT molecular complexity index is 715. The Hall–Kier alpha value is -2.30. The van der Waals surface area contributed by atoms with Gasteiger partial charge in [-0.05, 0) is 37.6 Å². The lowest BCUT2D eigenvalue weighted by atomic mass is 10.1. The molecule has 2 rings (SSSR count). The summed E-state index contributed by atoms with van der Waals surface area (Å²) in [5.74, 6) is -1.19. The Labute approximate surface area is 174 Å². The number of ether oxygens (including phenoxy) is 1. The van der Waals surface area contributed by atoms with Gasteiger partial charge in [0.15, 0.2) is 0 Å². The number of benzene rings is 1. The van der Waals surface area contributed by atoms with Gasteiger partial charge < -0.3 is 26.2 Å². The average molecular weight is 425 g/mol. The highest BCUT2D eigenvalue weighted by molar-refractivity contribution is 8.01. The van der Waals surface area contributed by atoms with E-state index in [0.717, 1.165) is 24.6 Å². The Morgan fingerprint density at radius 2 is 2.00 bits per heavy atom. The van der Waals surface area contributed by atoms with Gasteiger partial charge in [-0.3, -0.25) is 19.7 Å². The predicted octanol–water partition coefficient (Wildman–Crippen LogP) is 0.848. The smallest absolute Gasteiger partial charge is 0.316 e. The summed E-state index contributed by atoms with van der Waals surface area (Å²) >= 11 is 1.10. The van der Waals surface area contributed by atoms with E-state index >= 15 is 0 Å². The Balaban J connectivity index is 1.94.